The molecule has 2 aromatic rings. The van der Waals surface area contributed by atoms with Gasteiger partial charge in [-0.05, 0) is 31.2 Å². The van der Waals surface area contributed by atoms with Crippen LogP contribution in [0.4, 0.5) is 10.1 Å². The van der Waals surface area contributed by atoms with Crippen LogP contribution in [-0.2, 0) is 6.54 Å². The smallest absolute Gasteiger partial charge is 0.159 e. The molecule has 0 saturated heterocycles. The van der Waals surface area contributed by atoms with Crippen LogP contribution in [0, 0.1) is 17.1 Å². The molecule has 0 saturated carbocycles. The highest BCUT2D eigenvalue weighted by molar-refractivity contribution is 5.95. The van der Waals surface area contributed by atoms with Crippen LogP contribution < -0.4 is 4.90 Å². The van der Waals surface area contributed by atoms with E-state index in [1.807, 2.05) is 0 Å². The van der Waals surface area contributed by atoms with Gasteiger partial charge in [0.1, 0.15) is 11.9 Å². The first-order valence-electron chi connectivity index (χ1n) is 6.52. The van der Waals surface area contributed by atoms with Crippen molar-refractivity contribution >= 4 is 11.5 Å². The van der Waals surface area contributed by atoms with Crippen LogP contribution in [0.1, 0.15) is 28.4 Å². The van der Waals surface area contributed by atoms with E-state index in [-0.39, 0.29) is 11.6 Å². The van der Waals surface area contributed by atoms with Crippen LogP contribution >= 0.6 is 0 Å². The van der Waals surface area contributed by atoms with Gasteiger partial charge >= 0.3 is 0 Å². The molecule has 21 heavy (non-hydrogen) atoms. The number of ketones is 1. The standard InChI is InChI=1S/C17H15FN2O/c1-12(21)13-7-8-14(10-19)17(9-13)20(2)11-15-5-3-4-6-16(15)18/h3-9H,11H2,1-2H3. The number of carbonyl (C=O) groups is 1. The maximum Gasteiger partial charge on any atom is 0.159 e. The second-order valence-corrected chi connectivity index (χ2v) is 4.85. The molecule has 0 aliphatic carbocycles. The summed E-state index contributed by atoms with van der Waals surface area (Å²) in [5.41, 5.74) is 2.15. The summed E-state index contributed by atoms with van der Waals surface area (Å²) in [6.07, 6.45) is 0. The van der Waals surface area contributed by atoms with Crippen molar-refractivity contribution < 1.29 is 9.18 Å². The van der Waals surface area contributed by atoms with Crippen molar-refractivity contribution in [1.29, 1.82) is 5.26 Å². The summed E-state index contributed by atoms with van der Waals surface area (Å²) < 4.78 is 13.7. The summed E-state index contributed by atoms with van der Waals surface area (Å²) in [5.74, 6) is -0.356. The third kappa shape index (κ3) is 3.26. The van der Waals surface area contributed by atoms with Crippen molar-refractivity contribution in [1.82, 2.24) is 0 Å². The first-order chi connectivity index (χ1) is 10.0. The predicted molar refractivity (Wildman–Crippen MR) is 79.7 cm³/mol. The van der Waals surface area contributed by atoms with E-state index in [1.54, 1.807) is 48.3 Å². The maximum atomic E-state index is 13.7. The van der Waals surface area contributed by atoms with E-state index in [2.05, 4.69) is 6.07 Å². The van der Waals surface area contributed by atoms with Crippen molar-refractivity contribution in [2.75, 3.05) is 11.9 Å². The molecule has 0 aliphatic heterocycles. The van der Waals surface area contributed by atoms with Crippen molar-refractivity contribution in [3.05, 3.63) is 65.0 Å². The van der Waals surface area contributed by atoms with E-state index in [4.69, 9.17) is 0 Å². The first-order valence-corrected chi connectivity index (χ1v) is 6.52. The molecule has 0 heterocycles. The summed E-state index contributed by atoms with van der Waals surface area (Å²) in [4.78, 5) is 13.2. The topological polar surface area (TPSA) is 44.1 Å². The summed E-state index contributed by atoms with van der Waals surface area (Å²) in [6, 6.07) is 13.5. The monoisotopic (exact) mass is 282 g/mol. The molecular weight excluding hydrogens is 267 g/mol. The lowest BCUT2D eigenvalue weighted by molar-refractivity contribution is 0.101. The van der Waals surface area contributed by atoms with Crippen LogP contribution in [0.25, 0.3) is 0 Å². The summed E-state index contributed by atoms with van der Waals surface area (Å²) >= 11 is 0. The summed E-state index contributed by atoms with van der Waals surface area (Å²) in [7, 11) is 1.77. The van der Waals surface area contributed by atoms with Crippen molar-refractivity contribution in [3.63, 3.8) is 0 Å². The van der Waals surface area contributed by atoms with Gasteiger partial charge in [-0.1, -0.05) is 18.2 Å². The van der Waals surface area contributed by atoms with Gasteiger partial charge in [0, 0.05) is 24.7 Å². The number of nitriles is 1. The molecule has 4 heteroatoms. The fourth-order valence-electron chi connectivity index (χ4n) is 2.13. The number of hydrogen-bond acceptors (Lipinski definition) is 3. The minimum absolute atomic E-state index is 0.0694. The Morgan fingerprint density at radius 1 is 1.29 bits per heavy atom. The quantitative estimate of drug-likeness (QED) is 0.806. The average Bonchev–Trinajstić information content (AvgIpc) is 2.48. The minimum Gasteiger partial charge on any atom is -0.369 e. The zero-order valence-electron chi connectivity index (χ0n) is 11.9. The van der Waals surface area contributed by atoms with Crippen LogP contribution in [-0.4, -0.2) is 12.8 Å². The third-order valence-electron chi connectivity index (χ3n) is 3.30. The van der Waals surface area contributed by atoms with E-state index < -0.39 is 0 Å². The lowest BCUT2D eigenvalue weighted by Crippen LogP contribution is -2.19. The zero-order chi connectivity index (χ0) is 15.4. The SMILES string of the molecule is CC(=O)c1ccc(C#N)c(N(C)Cc2ccccc2F)c1. The molecule has 0 bridgehead atoms. The number of halogens is 1. The molecule has 0 unspecified atom stereocenters. The summed E-state index contributed by atoms with van der Waals surface area (Å²) in [5, 5.41) is 9.18. The van der Waals surface area contributed by atoms with E-state index in [0.29, 0.717) is 28.9 Å². The molecule has 0 aromatic heterocycles. The van der Waals surface area contributed by atoms with Gasteiger partial charge < -0.3 is 4.90 Å². The van der Waals surface area contributed by atoms with E-state index in [9.17, 15) is 14.4 Å². The van der Waals surface area contributed by atoms with Gasteiger partial charge in [0.05, 0.1) is 11.3 Å². The molecular formula is C17H15FN2O. The Morgan fingerprint density at radius 2 is 2.00 bits per heavy atom. The number of nitrogens with zero attached hydrogens (tertiary/aromatic N) is 2. The van der Waals surface area contributed by atoms with Gasteiger partial charge in [-0.15, -0.1) is 0 Å². The predicted octanol–water partition coefficient (Wildman–Crippen LogP) is 3.54. The summed E-state index contributed by atoms with van der Waals surface area (Å²) in [6.45, 7) is 1.80. The molecule has 3 nitrogen and oxygen atoms in total. The van der Waals surface area contributed by atoms with Gasteiger partial charge in [-0.3, -0.25) is 4.79 Å². The number of benzene rings is 2. The molecule has 106 valence electrons. The van der Waals surface area contributed by atoms with Crippen molar-refractivity contribution in [2.45, 2.75) is 13.5 Å². The van der Waals surface area contributed by atoms with Crippen LogP contribution in [0.5, 0.6) is 0 Å². The Labute approximate surface area is 123 Å². The van der Waals surface area contributed by atoms with Crippen molar-refractivity contribution in [3.8, 4) is 6.07 Å². The van der Waals surface area contributed by atoms with Crippen LogP contribution in [0.2, 0.25) is 0 Å². The first kappa shape index (κ1) is 14.7. The Morgan fingerprint density at radius 3 is 2.62 bits per heavy atom. The normalized spacial score (nSPS) is 10.0. The maximum absolute atomic E-state index is 13.7. The van der Waals surface area contributed by atoms with E-state index in [0.717, 1.165) is 0 Å². The Balaban J connectivity index is 2.36. The third-order valence-corrected chi connectivity index (χ3v) is 3.30. The molecule has 0 N–H and O–H groups in total. The Hall–Kier alpha value is -2.67. The molecule has 0 radical (unpaired) electrons. The lowest BCUT2D eigenvalue weighted by atomic mass is 10.1. The number of rotatable bonds is 4. The molecule has 0 aliphatic rings. The highest BCUT2D eigenvalue weighted by Gasteiger charge is 2.12. The molecule has 0 amide bonds. The second-order valence-electron chi connectivity index (χ2n) is 4.85. The number of Topliss-reactive ketones (excluding diaryl/α,β-unsaturated/α-hetero) is 1. The minimum atomic E-state index is -0.286. The zero-order valence-corrected chi connectivity index (χ0v) is 11.9. The fraction of sp³-hybridized carbons (Fsp3) is 0.176. The number of carbonyl (C=O) groups excluding carboxylic acids is 1. The van der Waals surface area contributed by atoms with E-state index in [1.165, 1.54) is 13.0 Å². The largest absolute Gasteiger partial charge is 0.369 e. The van der Waals surface area contributed by atoms with Gasteiger partial charge in [0.25, 0.3) is 0 Å². The molecule has 2 aromatic carbocycles. The van der Waals surface area contributed by atoms with Crippen LogP contribution in [0.15, 0.2) is 42.5 Å². The van der Waals surface area contributed by atoms with Crippen molar-refractivity contribution in [2.24, 2.45) is 0 Å². The Bertz CT molecular complexity index is 719. The number of anilines is 1. The van der Waals surface area contributed by atoms with Crippen LogP contribution in [0.3, 0.4) is 0 Å². The van der Waals surface area contributed by atoms with E-state index >= 15 is 0 Å². The highest BCUT2D eigenvalue weighted by Crippen LogP contribution is 2.23. The lowest BCUT2D eigenvalue weighted by Gasteiger charge is -2.21. The van der Waals surface area contributed by atoms with Gasteiger partial charge in [-0.25, -0.2) is 4.39 Å². The van der Waals surface area contributed by atoms with Gasteiger partial charge in [0.15, 0.2) is 5.78 Å². The average molecular weight is 282 g/mol. The highest BCUT2D eigenvalue weighted by atomic mass is 19.1. The fourth-order valence-corrected chi connectivity index (χ4v) is 2.13. The number of hydrogen-bond donors (Lipinski definition) is 0. The molecule has 0 atom stereocenters. The molecule has 0 spiro atoms. The van der Waals surface area contributed by atoms with Gasteiger partial charge in [-0.2, -0.15) is 5.26 Å². The second kappa shape index (κ2) is 6.19. The molecule has 0 fully saturated rings. The molecule has 2 rings (SSSR count). The Kier molecular flexibility index (Phi) is 4.34. The van der Waals surface area contributed by atoms with Gasteiger partial charge in [0.2, 0.25) is 0 Å².